The number of hydrogen-bond acceptors (Lipinski definition) is 5. The molecule has 0 aliphatic carbocycles. The lowest BCUT2D eigenvalue weighted by Crippen LogP contribution is -2.41. The second-order valence-corrected chi connectivity index (χ2v) is 4.13. The van der Waals surface area contributed by atoms with E-state index in [1.165, 1.54) is 0 Å². The number of methoxy groups -OCH3 is 1. The highest BCUT2D eigenvalue weighted by atomic mass is 16.5. The van der Waals surface area contributed by atoms with Crippen LogP contribution in [0.1, 0.15) is 24.9 Å². The largest absolute Gasteiger partial charge is 0.493 e. The smallest absolute Gasteiger partial charge is 0.229 e. The van der Waals surface area contributed by atoms with Crippen molar-refractivity contribution in [1.29, 1.82) is 0 Å². The van der Waals surface area contributed by atoms with Gasteiger partial charge in [-0.1, -0.05) is 6.07 Å². The predicted octanol–water partition coefficient (Wildman–Crippen LogP) is 0.970. The molecule has 1 amide bonds. The van der Waals surface area contributed by atoms with Gasteiger partial charge in [0.05, 0.1) is 26.2 Å². The fourth-order valence-electron chi connectivity index (χ4n) is 1.97. The van der Waals surface area contributed by atoms with Crippen LogP contribution in [0.15, 0.2) is 23.2 Å². The van der Waals surface area contributed by atoms with E-state index in [1.54, 1.807) is 7.11 Å². The van der Waals surface area contributed by atoms with Crippen molar-refractivity contribution in [3.05, 3.63) is 23.8 Å². The van der Waals surface area contributed by atoms with Gasteiger partial charge in [0.2, 0.25) is 5.91 Å². The molecule has 0 aromatic heterocycles. The number of carbonyl (C=O) groups excluding carboxylic acids is 1. The first-order chi connectivity index (χ1) is 9.13. The number of rotatable bonds is 4. The molecular weight excluding hydrogens is 246 g/mol. The van der Waals surface area contributed by atoms with Gasteiger partial charge in [0, 0.05) is 0 Å². The number of nitrogens with two attached hydrogens (primary N) is 1. The summed E-state index contributed by atoms with van der Waals surface area (Å²) in [7, 11) is 1.58. The molecule has 0 spiro atoms. The molecule has 0 fully saturated rings. The lowest BCUT2D eigenvalue weighted by Gasteiger charge is -2.20. The van der Waals surface area contributed by atoms with Crippen molar-refractivity contribution in [3.8, 4) is 11.5 Å². The molecule has 102 valence electrons. The summed E-state index contributed by atoms with van der Waals surface area (Å²) >= 11 is 0. The van der Waals surface area contributed by atoms with E-state index in [9.17, 15) is 4.79 Å². The van der Waals surface area contributed by atoms with Crippen molar-refractivity contribution in [3.63, 3.8) is 0 Å². The first-order valence-corrected chi connectivity index (χ1v) is 6.08. The first-order valence-electron chi connectivity index (χ1n) is 6.08. The number of hydrogen-bond donors (Lipinski definition) is 2. The number of guanidine groups is 1. The van der Waals surface area contributed by atoms with Crippen LogP contribution in [0.5, 0.6) is 11.5 Å². The van der Waals surface area contributed by atoms with E-state index in [-0.39, 0.29) is 24.3 Å². The zero-order chi connectivity index (χ0) is 13.8. The van der Waals surface area contributed by atoms with Gasteiger partial charge in [0.25, 0.3) is 0 Å². The Hall–Kier alpha value is -2.24. The molecule has 0 radical (unpaired) electrons. The predicted molar refractivity (Wildman–Crippen MR) is 71.3 cm³/mol. The number of nitrogens with zero attached hydrogens (tertiary/aromatic N) is 1. The number of carbonyl (C=O) groups is 1. The number of ether oxygens (including phenoxy) is 2. The molecule has 0 saturated heterocycles. The molecule has 0 bridgehead atoms. The lowest BCUT2D eigenvalue weighted by atomic mass is 10.0. The van der Waals surface area contributed by atoms with E-state index in [0.717, 1.165) is 5.56 Å². The maximum atomic E-state index is 11.5. The molecule has 1 heterocycles. The Morgan fingerprint density at radius 2 is 2.26 bits per heavy atom. The summed E-state index contributed by atoms with van der Waals surface area (Å²) in [6, 6.07) is 5.23. The number of amides is 1. The van der Waals surface area contributed by atoms with Crippen LogP contribution >= 0.6 is 0 Å². The monoisotopic (exact) mass is 263 g/mol. The van der Waals surface area contributed by atoms with Crippen molar-refractivity contribution in [1.82, 2.24) is 5.32 Å². The topological polar surface area (TPSA) is 85.9 Å². The fraction of sp³-hybridized carbons (Fsp3) is 0.385. The van der Waals surface area contributed by atoms with Gasteiger partial charge < -0.3 is 15.2 Å². The van der Waals surface area contributed by atoms with E-state index in [1.807, 2.05) is 25.1 Å². The third-order valence-corrected chi connectivity index (χ3v) is 2.81. The Morgan fingerprint density at radius 3 is 2.89 bits per heavy atom. The zero-order valence-electron chi connectivity index (χ0n) is 11.0. The van der Waals surface area contributed by atoms with Gasteiger partial charge in [-0.3, -0.25) is 10.1 Å². The quantitative estimate of drug-likeness (QED) is 0.847. The van der Waals surface area contributed by atoms with Crippen LogP contribution in [0.3, 0.4) is 0 Å². The molecular formula is C13H17N3O3. The molecule has 1 aromatic carbocycles. The summed E-state index contributed by atoms with van der Waals surface area (Å²) < 4.78 is 10.7. The third-order valence-electron chi connectivity index (χ3n) is 2.81. The minimum atomic E-state index is -0.279. The van der Waals surface area contributed by atoms with Crippen LogP contribution in [-0.2, 0) is 4.79 Å². The minimum absolute atomic E-state index is 0.134. The Bertz CT molecular complexity index is 514. The van der Waals surface area contributed by atoms with Crippen LogP contribution in [0, 0.1) is 0 Å². The van der Waals surface area contributed by atoms with Crippen LogP contribution in [-0.4, -0.2) is 25.6 Å². The third kappa shape index (κ3) is 2.96. The van der Waals surface area contributed by atoms with Gasteiger partial charge in [0.15, 0.2) is 17.5 Å². The molecule has 3 N–H and O–H groups in total. The molecule has 6 heteroatoms. The van der Waals surface area contributed by atoms with E-state index in [2.05, 4.69) is 10.3 Å². The van der Waals surface area contributed by atoms with Crippen LogP contribution in [0.4, 0.5) is 0 Å². The molecule has 1 aromatic rings. The second kappa shape index (κ2) is 5.60. The summed E-state index contributed by atoms with van der Waals surface area (Å²) in [6.07, 6.45) is 0.276. The number of nitrogens with one attached hydrogen (secondary N) is 1. The summed E-state index contributed by atoms with van der Waals surface area (Å²) in [5, 5.41) is 2.47. The normalized spacial score (nSPS) is 18.5. The van der Waals surface area contributed by atoms with E-state index < -0.39 is 0 Å². The Balaban J connectivity index is 2.30. The van der Waals surface area contributed by atoms with Gasteiger partial charge in [-0.05, 0) is 24.6 Å². The molecule has 1 aliphatic rings. The van der Waals surface area contributed by atoms with Gasteiger partial charge in [0.1, 0.15) is 0 Å². The van der Waals surface area contributed by atoms with E-state index in [4.69, 9.17) is 15.2 Å². The molecule has 19 heavy (non-hydrogen) atoms. The molecule has 0 unspecified atom stereocenters. The number of aliphatic imine (C=N–C) groups is 1. The maximum absolute atomic E-state index is 11.5. The van der Waals surface area contributed by atoms with Crippen molar-refractivity contribution in [2.45, 2.75) is 19.4 Å². The molecule has 1 atom stereocenters. The Kier molecular flexibility index (Phi) is 3.89. The molecule has 2 rings (SSSR count). The highest BCUT2D eigenvalue weighted by Crippen LogP contribution is 2.33. The SMILES string of the molecule is CCOc1ccc([C@@H]2CC(=O)NC(N)=N2)cc1OC. The van der Waals surface area contributed by atoms with E-state index in [0.29, 0.717) is 18.1 Å². The molecule has 1 aliphatic heterocycles. The van der Waals surface area contributed by atoms with Crippen molar-refractivity contribution >= 4 is 11.9 Å². The Labute approximate surface area is 111 Å². The van der Waals surface area contributed by atoms with Crippen LogP contribution < -0.4 is 20.5 Å². The van der Waals surface area contributed by atoms with Gasteiger partial charge in [-0.25, -0.2) is 4.99 Å². The fourth-order valence-corrected chi connectivity index (χ4v) is 1.97. The van der Waals surface area contributed by atoms with Crippen LogP contribution in [0.25, 0.3) is 0 Å². The first kappa shape index (κ1) is 13.2. The van der Waals surface area contributed by atoms with Crippen LogP contribution in [0.2, 0.25) is 0 Å². The van der Waals surface area contributed by atoms with Crippen molar-refractivity contribution in [2.75, 3.05) is 13.7 Å². The number of benzene rings is 1. The Morgan fingerprint density at radius 1 is 1.47 bits per heavy atom. The average molecular weight is 263 g/mol. The van der Waals surface area contributed by atoms with Crippen molar-refractivity contribution in [2.24, 2.45) is 10.7 Å². The lowest BCUT2D eigenvalue weighted by molar-refractivity contribution is -0.120. The molecule has 0 saturated carbocycles. The standard InChI is InChI=1S/C13H17N3O3/c1-3-19-10-5-4-8(6-11(10)18-2)9-7-12(17)16-13(14)15-9/h4-6,9H,3,7H2,1-2H3,(H3,14,15,16,17)/t9-/m0/s1. The average Bonchev–Trinajstić information content (AvgIpc) is 2.38. The summed E-state index contributed by atoms with van der Waals surface area (Å²) in [4.78, 5) is 15.7. The van der Waals surface area contributed by atoms with Crippen molar-refractivity contribution < 1.29 is 14.3 Å². The summed E-state index contributed by atoms with van der Waals surface area (Å²) in [6.45, 7) is 2.47. The summed E-state index contributed by atoms with van der Waals surface area (Å²) in [5.41, 5.74) is 6.44. The maximum Gasteiger partial charge on any atom is 0.229 e. The summed E-state index contributed by atoms with van der Waals surface area (Å²) in [5.74, 6) is 1.31. The van der Waals surface area contributed by atoms with Gasteiger partial charge in [-0.2, -0.15) is 0 Å². The minimum Gasteiger partial charge on any atom is -0.493 e. The van der Waals surface area contributed by atoms with Gasteiger partial charge in [-0.15, -0.1) is 0 Å². The highest BCUT2D eigenvalue weighted by Gasteiger charge is 2.22. The highest BCUT2D eigenvalue weighted by molar-refractivity contribution is 5.98. The van der Waals surface area contributed by atoms with Gasteiger partial charge >= 0.3 is 0 Å². The van der Waals surface area contributed by atoms with E-state index >= 15 is 0 Å². The zero-order valence-corrected chi connectivity index (χ0v) is 11.0. The molecule has 6 nitrogen and oxygen atoms in total. The second-order valence-electron chi connectivity index (χ2n) is 4.13.